The first-order valence-corrected chi connectivity index (χ1v) is 6.50. The van der Waals surface area contributed by atoms with Crippen LogP contribution >= 0.6 is 27.5 Å². The Labute approximate surface area is 119 Å². The molecule has 0 atom stereocenters. The Kier molecular flexibility index (Phi) is 4.39. The third kappa shape index (κ3) is 3.34. The predicted molar refractivity (Wildman–Crippen MR) is 74.7 cm³/mol. The maximum Gasteiger partial charge on any atom is 0.339 e. The standard InChI is InChI=1S/C14H10BrClO2/c15-13-8-11(16)6-7-12(13)14(17)18-9-10-4-2-1-3-5-10/h1-8H,9H2. The highest BCUT2D eigenvalue weighted by atomic mass is 79.9. The van der Waals surface area contributed by atoms with Crippen molar-refractivity contribution in [3.63, 3.8) is 0 Å². The lowest BCUT2D eigenvalue weighted by Crippen LogP contribution is -2.05. The van der Waals surface area contributed by atoms with Gasteiger partial charge in [0.05, 0.1) is 5.56 Å². The van der Waals surface area contributed by atoms with E-state index in [4.69, 9.17) is 16.3 Å². The molecule has 0 fully saturated rings. The number of hydrogen-bond acceptors (Lipinski definition) is 2. The molecule has 0 heterocycles. The summed E-state index contributed by atoms with van der Waals surface area (Å²) in [6.45, 7) is 0.259. The third-order valence-electron chi connectivity index (χ3n) is 2.36. The van der Waals surface area contributed by atoms with E-state index in [1.54, 1.807) is 18.2 Å². The fourth-order valence-electron chi connectivity index (χ4n) is 1.46. The number of ether oxygens (including phenoxy) is 1. The van der Waals surface area contributed by atoms with E-state index in [2.05, 4.69) is 15.9 Å². The van der Waals surface area contributed by atoms with Crippen LogP contribution in [-0.2, 0) is 11.3 Å². The Morgan fingerprint density at radius 1 is 1.17 bits per heavy atom. The number of carbonyl (C=O) groups is 1. The van der Waals surface area contributed by atoms with Crippen molar-refractivity contribution in [1.82, 2.24) is 0 Å². The van der Waals surface area contributed by atoms with E-state index >= 15 is 0 Å². The largest absolute Gasteiger partial charge is 0.457 e. The first-order valence-electron chi connectivity index (χ1n) is 5.33. The maximum absolute atomic E-state index is 11.9. The molecule has 0 saturated heterocycles. The van der Waals surface area contributed by atoms with Crippen molar-refractivity contribution >= 4 is 33.5 Å². The molecule has 2 nitrogen and oxygen atoms in total. The van der Waals surface area contributed by atoms with Gasteiger partial charge < -0.3 is 4.74 Å². The average Bonchev–Trinajstić information content (AvgIpc) is 2.37. The van der Waals surface area contributed by atoms with Gasteiger partial charge in [0.15, 0.2) is 0 Å². The number of rotatable bonds is 3. The molecule has 0 aliphatic heterocycles. The van der Waals surface area contributed by atoms with E-state index in [0.717, 1.165) is 5.56 Å². The summed E-state index contributed by atoms with van der Waals surface area (Å²) in [7, 11) is 0. The van der Waals surface area contributed by atoms with Crippen LogP contribution < -0.4 is 0 Å². The van der Waals surface area contributed by atoms with Crippen LogP contribution in [-0.4, -0.2) is 5.97 Å². The minimum atomic E-state index is -0.373. The highest BCUT2D eigenvalue weighted by molar-refractivity contribution is 9.10. The lowest BCUT2D eigenvalue weighted by atomic mass is 10.2. The number of carbonyl (C=O) groups excluding carboxylic acids is 1. The molecular formula is C14H10BrClO2. The van der Waals surface area contributed by atoms with Gasteiger partial charge in [0, 0.05) is 9.50 Å². The Morgan fingerprint density at radius 2 is 1.89 bits per heavy atom. The molecule has 2 aromatic rings. The summed E-state index contributed by atoms with van der Waals surface area (Å²) < 4.78 is 5.86. The van der Waals surface area contributed by atoms with E-state index in [9.17, 15) is 4.79 Å². The number of esters is 1. The van der Waals surface area contributed by atoms with Crippen molar-refractivity contribution in [3.8, 4) is 0 Å². The third-order valence-corrected chi connectivity index (χ3v) is 3.25. The van der Waals surface area contributed by atoms with Crippen molar-refractivity contribution in [2.75, 3.05) is 0 Å². The van der Waals surface area contributed by atoms with Crippen LogP contribution in [0.5, 0.6) is 0 Å². The van der Waals surface area contributed by atoms with Gasteiger partial charge in [-0.15, -0.1) is 0 Å². The molecule has 0 amide bonds. The van der Waals surface area contributed by atoms with Crippen LogP contribution in [0.2, 0.25) is 5.02 Å². The van der Waals surface area contributed by atoms with Crippen LogP contribution in [0.4, 0.5) is 0 Å². The molecule has 0 bridgehead atoms. The van der Waals surface area contributed by atoms with E-state index in [1.165, 1.54) is 0 Å². The van der Waals surface area contributed by atoms with Gasteiger partial charge in [-0.05, 0) is 39.7 Å². The van der Waals surface area contributed by atoms with Gasteiger partial charge in [-0.2, -0.15) is 0 Å². The van der Waals surface area contributed by atoms with Gasteiger partial charge in [0.2, 0.25) is 0 Å². The molecule has 0 radical (unpaired) electrons. The topological polar surface area (TPSA) is 26.3 Å². The zero-order valence-electron chi connectivity index (χ0n) is 9.40. The van der Waals surface area contributed by atoms with Crippen molar-refractivity contribution < 1.29 is 9.53 Å². The highest BCUT2D eigenvalue weighted by Crippen LogP contribution is 2.22. The molecular weight excluding hydrogens is 316 g/mol. The van der Waals surface area contributed by atoms with E-state index in [1.807, 2.05) is 30.3 Å². The average molecular weight is 326 g/mol. The summed E-state index contributed by atoms with van der Waals surface area (Å²) in [5, 5.41) is 0.571. The molecule has 2 rings (SSSR count). The van der Waals surface area contributed by atoms with Crippen molar-refractivity contribution in [2.45, 2.75) is 6.61 Å². The van der Waals surface area contributed by atoms with Gasteiger partial charge in [0.25, 0.3) is 0 Å². The van der Waals surface area contributed by atoms with Crippen LogP contribution in [0.15, 0.2) is 53.0 Å². The van der Waals surface area contributed by atoms with Gasteiger partial charge in [-0.3, -0.25) is 0 Å². The van der Waals surface area contributed by atoms with Crippen molar-refractivity contribution in [2.24, 2.45) is 0 Å². The second kappa shape index (κ2) is 6.03. The summed E-state index contributed by atoms with van der Waals surface area (Å²) in [6, 6.07) is 14.5. The lowest BCUT2D eigenvalue weighted by molar-refractivity contribution is 0.0471. The summed E-state index contributed by atoms with van der Waals surface area (Å²) in [5.41, 5.74) is 1.42. The van der Waals surface area contributed by atoms with Crippen molar-refractivity contribution in [3.05, 3.63) is 69.2 Å². The van der Waals surface area contributed by atoms with Crippen LogP contribution in [0.3, 0.4) is 0 Å². The molecule has 18 heavy (non-hydrogen) atoms. The first kappa shape index (κ1) is 13.1. The minimum absolute atomic E-state index is 0.259. The summed E-state index contributed by atoms with van der Waals surface area (Å²) >= 11 is 9.10. The molecule has 0 saturated carbocycles. The Bertz CT molecular complexity index is 555. The molecule has 4 heteroatoms. The summed E-state index contributed by atoms with van der Waals surface area (Å²) in [5.74, 6) is -0.373. The molecule has 0 N–H and O–H groups in total. The van der Waals surface area contributed by atoms with E-state index < -0.39 is 0 Å². The molecule has 0 aliphatic carbocycles. The number of hydrogen-bond donors (Lipinski definition) is 0. The maximum atomic E-state index is 11.9. The Morgan fingerprint density at radius 3 is 2.56 bits per heavy atom. The van der Waals surface area contributed by atoms with Gasteiger partial charge in [-0.1, -0.05) is 41.9 Å². The zero-order valence-corrected chi connectivity index (χ0v) is 11.7. The number of benzene rings is 2. The minimum Gasteiger partial charge on any atom is -0.457 e. The van der Waals surface area contributed by atoms with Crippen LogP contribution in [0.25, 0.3) is 0 Å². The molecule has 0 unspecified atom stereocenters. The van der Waals surface area contributed by atoms with Gasteiger partial charge in [0.1, 0.15) is 6.61 Å². The predicted octanol–water partition coefficient (Wildman–Crippen LogP) is 4.46. The Balaban J connectivity index is 2.04. The van der Waals surface area contributed by atoms with Gasteiger partial charge in [-0.25, -0.2) is 4.79 Å². The van der Waals surface area contributed by atoms with Gasteiger partial charge >= 0.3 is 5.97 Å². The van der Waals surface area contributed by atoms with E-state index in [-0.39, 0.29) is 12.6 Å². The second-order valence-electron chi connectivity index (χ2n) is 3.69. The SMILES string of the molecule is O=C(OCc1ccccc1)c1ccc(Cl)cc1Br. The number of halogens is 2. The van der Waals surface area contributed by atoms with Crippen LogP contribution in [0, 0.1) is 0 Å². The van der Waals surface area contributed by atoms with Crippen molar-refractivity contribution in [1.29, 1.82) is 0 Å². The lowest BCUT2D eigenvalue weighted by Gasteiger charge is -2.06. The summed E-state index contributed by atoms with van der Waals surface area (Å²) in [4.78, 5) is 11.9. The monoisotopic (exact) mass is 324 g/mol. The molecule has 92 valence electrons. The summed E-state index contributed by atoms with van der Waals surface area (Å²) in [6.07, 6.45) is 0. The molecule has 0 spiro atoms. The molecule has 0 aromatic heterocycles. The van der Waals surface area contributed by atoms with E-state index in [0.29, 0.717) is 15.1 Å². The molecule has 0 aliphatic rings. The highest BCUT2D eigenvalue weighted by Gasteiger charge is 2.11. The fourth-order valence-corrected chi connectivity index (χ4v) is 2.30. The van der Waals surface area contributed by atoms with Crippen LogP contribution in [0.1, 0.15) is 15.9 Å². The quantitative estimate of drug-likeness (QED) is 0.779. The normalized spacial score (nSPS) is 10.1. The Hall–Kier alpha value is -1.32. The molecule has 2 aromatic carbocycles. The second-order valence-corrected chi connectivity index (χ2v) is 4.98. The first-order chi connectivity index (χ1) is 8.66. The zero-order chi connectivity index (χ0) is 13.0. The fraction of sp³-hybridized carbons (Fsp3) is 0.0714. The smallest absolute Gasteiger partial charge is 0.339 e.